The highest BCUT2D eigenvalue weighted by atomic mass is 35.5. The van der Waals surface area contributed by atoms with Gasteiger partial charge < -0.3 is 4.74 Å². The molecule has 0 spiro atoms. The van der Waals surface area contributed by atoms with Crippen molar-refractivity contribution in [3.05, 3.63) is 29.0 Å². The Morgan fingerprint density at radius 1 is 1.60 bits per heavy atom. The highest BCUT2D eigenvalue weighted by molar-refractivity contribution is 6.30. The smallest absolute Gasteiger partial charge is 0.356 e. The molecule has 0 aliphatic heterocycles. The van der Waals surface area contributed by atoms with Crippen molar-refractivity contribution in [2.75, 3.05) is 6.61 Å². The van der Waals surface area contributed by atoms with E-state index in [1.165, 1.54) is 25.1 Å². The number of rotatable bonds is 4. The van der Waals surface area contributed by atoms with Crippen LogP contribution in [0.2, 0.25) is 5.02 Å². The molecule has 0 bridgehead atoms. The van der Waals surface area contributed by atoms with Crippen LogP contribution >= 0.6 is 11.6 Å². The summed E-state index contributed by atoms with van der Waals surface area (Å²) in [6.45, 7) is 0.484. The minimum atomic E-state index is -0.391. The molecule has 4 heteroatoms. The van der Waals surface area contributed by atoms with Crippen LogP contribution in [0.1, 0.15) is 29.8 Å². The van der Waals surface area contributed by atoms with Gasteiger partial charge in [-0.05, 0) is 24.5 Å². The summed E-state index contributed by atoms with van der Waals surface area (Å²) in [7, 11) is 0. The van der Waals surface area contributed by atoms with Crippen LogP contribution in [0.3, 0.4) is 0 Å². The Kier molecular flexibility index (Phi) is 3.21. The maximum Gasteiger partial charge on any atom is 0.356 e. The van der Waals surface area contributed by atoms with E-state index in [1.54, 1.807) is 6.07 Å². The van der Waals surface area contributed by atoms with Gasteiger partial charge in [-0.3, -0.25) is 0 Å². The second-order valence-electron chi connectivity index (χ2n) is 3.73. The van der Waals surface area contributed by atoms with Gasteiger partial charge in [-0.15, -0.1) is 0 Å². The van der Waals surface area contributed by atoms with Crippen LogP contribution < -0.4 is 0 Å². The summed E-state index contributed by atoms with van der Waals surface area (Å²) in [6, 6.07) is 3.14. The first-order chi connectivity index (χ1) is 7.25. The third-order valence-electron chi connectivity index (χ3n) is 2.39. The molecule has 1 saturated carbocycles. The van der Waals surface area contributed by atoms with Gasteiger partial charge in [0.25, 0.3) is 0 Å². The molecule has 0 atom stereocenters. The van der Waals surface area contributed by atoms with Crippen molar-refractivity contribution < 1.29 is 9.53 Å². The molecule has 80 valence electrons. The van der Waals surface area contributed by atoms with Crippen LogP contribution in [-0.2, 0) is 4.74 Å². The van der Waals surface area contributed by atoms with Gasteiger partial charge >= 0.3 is 5.97 Å². The molecule has 15 heavy (non-hydrogen) atoms. The molecule has 0 radical (unpaired) electrons. The molecule has 1 fully saturated rings. The Bertz CT molecular complexity index is 363. The standard InChI is InChI=1S/C11H12ClNO2/c12-9-3-5-13-10(7-9)11(14)15-6-4-8-1-2-8/h3,5,7-8H,1-2,4,6H2. The SMILES string of the molecule is O=C(OCCC1CC1)c1cc(Cl)ccn1. The number of carbonyl (C=O) groups is 1. The van der Waals surface area contributed by atoms with E-state index in [0.717, 1.165) is 12.3 Å². The van der Waals surface area contributed by atoms with Crippen LogP contribution in [0.15, 0.2) is 18.3 Å². The van der Waals surface area contributed by atoms with Gasteiger partial charge in [0.05, 0.1) is 6.61 Å². The summed E-state index contributed by atoms with van der Waals surface area (Å²) >= 11 is 5.74. The van der Waals surface area contributed by atoms with Crippen LogP contribution in [0, 0.1) is 5.92 Å². The molecule has 1 aliphatic rings. The summed E-state index contributed by atoms with van der Waals surface area (Å²) < 4.78 is 5.07. The van der Waals surface area contributed by atoms with Gasteiger partial charge in [-0.2, -0.15) is 0 Å². The Labute approximate surface area is 93.4 Å². The molecule has 1 aromatic rings. The van der Waals surface area contributed by atoms with Crippen molar-refractivity contribution in [3.8, 4) is 0 Å². The third kappa shape index (κ3) is 3.20. The lowest BCUT2D eigenvalue weighted by molar-refractivity contribution is 0.0488. The van der Waals surface area contributed by atoms with Crippen molar-refractivity contribution in [2.24, 2.45) is 5.92 Å². The largest absolute Gasteiger partial charge is 0.461 e. The summed E-state index contributed by atoms with van der Waals surface area (Å²) in [5.74, 6) is 0.378. The Hall–Kier alpha value is -1.09. The summed E-state index contributed by atoms with van der Waals surface area (Å²) in [5.41, 5.74) is 0.276. The first-order valence-corrected chi connectivity index (χ1v) is 5.42. The molecule has 3 nitrogen and oxygen atoms in total. The minimum absolute atomic E-state index is 0.276. The Morgan fingerprint density at radius 3 is 3.07 bits per heavy atom. The van der Waals surface area contributed by atoms with E-state index in [1.807, 2.05) is 0 Å². The van der Waals surface area contributed by atoms with Crippen LogP contribution in [0.25, 0.3) is 0 Å². The van der Waals surface area contributed by atoms with Crippen LogP contribution in [-0.4, -0.2) is 17.6 Å². The van der Waals surface area contributed by atoms with E-state index >= 15 is 0 Å². The number of aromatic nitrogens is 1. The molecule has 1 aromatic heterocycles. The first kappa shape index (κ1) is 10.4. The summed E-state index contributed by atoms with van der Waals surface area (Å²) in [6.07, 6.45) is 5.01. The summed E-state index contributed by atoms with van der Waals surface area (Å²) in [5, 5.41) is 0.499. The maximum absolute atomic E-state index is 11.5. The number of pyridine rings is 1. The van der Waals surface area contributed by atoms with Crippen LogP contribution in [0.5, 0.6) is 0 Å². The van der Waals surface area contributed by atoms with E-state index in [2.05, 4.69) is 4.98 Å². The first-order valence-electron chi connectivity index (χ1n) is 5.04. The molecule has 0 N–H and O–H groups in total. The topological polar surface area (TPSA) is 39.2 Å². The van der Waals surface area contributed by atoms with E-state index in [0.29, 0.717) is 11.6 Å². The number of ether oxygens (including phenoxy) is 1. The number of carbonyl (C=O) groups excluding carboxylic acids is 1. The van der Waals surface area contributed by atoms with Gasteiger partial charge in [0, 0.05) is 11.2 Å². The van der Waals surface area contributed by atoms with Gasteiger partial charge in [-0.25, -0.2) is 9.78 Å². The van der Waals surface area contributed by atoms with Gasteiger partial charge in [-0.1, -0.05) is 24.4 Å². The highest BCUT2D eigenvalue weighted by Gasteiger charge is 2.21. The Balaban J connectivity index is 1.83. The number of nitrogens with zero attached hydrogens (tertiary/aromatic N) is 1. The Morgan fingerprint density at radius 2 is 2.40 bits per heavy atom. The van der Waals surface area contributed by atoms with Gasteiger partial charge in [0.15, 0.2) is 0 Å². The number of hydrogen-bond acceptors (Lipinski definition) is 3. The molecular weight excluding hydrogens is 214 g/mol. The third-order valence-corrected chi connectivity index (χ3v) is 2.62. The fourth-order valence-electron chi connectivity index (χ4n) is 1.32. The molecule has 0 aromatic carbocycles. The fourth-order valence-corrected chi connectivity index (χ4v) is 1.47. The average Bonchev–Trinajstić information content (AvgIpc) is 3.01. The zero-order chi connectivity index (χ0) is 10.7. The monoisotopic (exact) mass is 225 g/mol. The number of halogens is 1. The van der Waals surface area contributed by atoms with E-state index in [4.69, 9.17) is 16.3 Å². The average molecular weight is 226 g/mol. The molecule has 1 heterocycles. The normalized spacial score (nSPS) is 15.0. The van der Waals surface area contributed by atoms with Crippen molar-refractivity contribution in [3.63, 3.8) is 0 Å². The quantitative estimate of drug-likeness (QED) is 0.740. The van der Waals surface area contributed by atoms with E-state index in [-0.39, 0.29) is 5.69 Å². The molecule has 0 unspecified atom stereocenters. The lowest BCUT2D eigenvalue weighted by atomic mass is 10.3. The lowest BCUT2D eigenvalue weighted by Crippen LogP contribution is -2.08. The maximum atomic E-state index is 11.5. The lowest BCUT2D eigenvalue weighted by Gasteiger charge is -2.03. The summed E-state index contributed by atoms with van der Waals surface area (Å²) in [4.78, 5) is 15.3. The number of esters is 1. The van der Waals surface area contributed by atoms with Crippen molar-refractivity contribution in [1.29, 1.82) is 0 Å². The fraction of sp³-hybridized carbons (Fsp3) is 0.455. The zero-order valence-electron chi connectivity index (χ0n) is 8.28. The predicted molar refractivity (Wildman–Crippen MR) is 56.9 cm³/mol. The zero-order valence-corrected chi connectivity index (χ0v) is 9.04. The van der Waals surface area contributed by atoms with Crippen molar-refractivity contribution >= 4 is 17.6 Å². The molecular formula is C11H12ClNO2. The highest BCUT2D eigenvalue weighted by Crippen LogP contribution is 2.32. The number of hydrogen-bond donors (Lipinski definition) is 0. The van der Waals surface area contributed by atoms with Crippen LogP contribution in [0.4, 0.5) is 0 Å². The van der Waals surface area contributed by atoms with Crippen molar-refractivity contribution in [2.45, 2.75) is 19.3 Å². The van der Waals surface area contributed by atoms with Gasteiger partial charge in [0.2, 0.25) is 0 Å². The molecule has 2 rings (SSSR count). The minimum Gasteiger partial charge on any atom is -0.461 e. The van der Waals surface area contributed by atoms with Gasteiger partial charge in [0.1, 0.15) is 5.69 Å². The molecule has 0 saturated heterocycles. The second-order valence-corrected chi connectivity index (χ2v) is 4.16. The van der Waals surface area contributed by atoms with E-state index in [9.17, 15) is 4.79 Å². The van der Waals surface area contributed by atoms with Crippen molar-refractivity contribution in [1.82, 2.24) is 4.98 Å². The predicted octanol–water partition coefficient (Wildman–Crippen LogP) is 2.69. The van der Waals surface area contributed by atoms with E-state index < -0.39 is 5.97 Å². The second kappa shape index (κ2) is 4.62. The molecule has 1 aliphatic carbocycles. The molecule has 0 amide bonds.